The Morgan fingerprint density at radius 1 is 1.16 bits per heavy atom. The van der Waals surface area contributed by atoms with E-state index in [1.807, 2.05) is 62.0 Å². The number of piperazine rings is 1. The fourth-order valence-corrected chi connectivity index (χ4v) is 4.55. The van der Waals surface area contributed by atoms with Gasteiger partial charge in [0.15, 0.2) is 0 Å². The van der Waals surface area contributed by atoms with Crippen LogP contribution in [0.3, 0.4) is 0 Å². The van der Waals surface area contributed by atoms with Gasteiger partial charge in [-0.15, -0.1) is 0 Å². The molecule has 2 saturated heterocycles. The van der Waals surface area contributed by atoms with Crippen molar-refractivity contribution in [1.29, 1.82) is 0 Å². The third-order valence-corrected chi connectivity index (χ3v) is 6.41. The summed E-state index contributed by atoms with van der Waals surface area (Å²) in [7, 11) is 3.92. The van der Waals surface area contributed by atoms with Gasteiger partial charge in [0.05, 0.1) is 6.04 Å². The van der Waals surface area contributed by atoms with E-state index in [0.29, 0.717) is 51.0 Å². The Hall–Kier alpha value is -2.61. The largest absolute Gasteiger partial charge is 0.378 e. The number of nitrogens with zero attached hydrogens (tertiary/aromatic N) is 3. The van der Waals surface area contributed by atoms with Crippen molar-refractivity contribution < 1.29 is 14.4 Å². The second kappa shape index (κ2) is 10.1. The van der Waals surface area contributed by atoms with Crippen molar-refractivity contribution in [1.82, 2.24) is 20.4 Å². The number of carbonyl (C=O) groups excluding carboxylic acids is 3. The van der Waals surface area contributed by atoms with Gasteiger partial charge >= 0.3 is 0 Å². The van der Waals surface area contributed by atoms with Crippen molar-refractivity contribution in [2.75, 3.05) is 45.2 Å². The first-order chi connectivity index (χ1) is 14.8. The Morgan fingerprint density at radius 2 is 1.84 bits per heavy atom. The Bertz CT molecular complexity index is 791. The van der Waals surface area contributed by atoms with Gasteiger partial charge in [0.2, 0.25) is 11.8 Å². The number of carbonyl (C=O) groups is 3. The predicted molar refractivity (Wildman–Crippen MR) is 121 cm³/mol. The molecule has 0 saturated carbocycles. The van der Waals surface area contributed by atoms with E-state index < -0.39 is 0 Å². The smallest absolute Gasteiger partial charge is 0.251 e. The summed E-state index contributed by atoms with van der Waals surface area (Å²) in [6.45, 7) is 6.58. The van der Waals surface area contributed by atoms with Gasteiger partial charge in [0, 0.05) is 70.0 Å². The topological polar surface area (TPSA) is 85.0 Å². The first kappa shape index (κ1) is 23.1. The molecule has 0 bridgehead atoms. The lowest BCUT2D eigenvalue weighted by Gasteiger charge is -2.37. The highest BCUT2D eigenvalue weighted by Gasteiger charge is 2.43. The summed E-state index contributed by atoms with van der Waals surface area (Å²) in [6.07, 6.45) is 1.77. The lowest BCUT2D eigenvalue weighted by Crippen LogP contribution is -2.58. The molecule has 0 spiro atoms. The molecule has 0 radical (unpaired) electrons. The summed E-state index contributed by atoms with van der Waals surface area (Å²) in [5, 5.41) is 6.08. The van der Waals surface area contributed by atoms with Crippen LogP contribution in [0, 0.1) is 0 Å². The Labute approximate surface area is 184 Å². The molecule has 3 amide bonds. The van der Waals surface area contributed by atoms with E-state index in [2.05, 4.69) is 15.5 Å². The molecule has 2 N–H and O–H groups in total. The molecule has 3 unspecified atom stereocenters. The van der Waals surface area contributed by atoms with Crippen LogP contribution < -0.4 is 15.5 Å². The van der Waals surface area contributed by atoms with E-state index in [1.165, 1.54) is 0 Å². The van der Waals surface area contributed by atoms with Crippen LogP contribution in [-0.2, 0) is 9.59 Å². The van der Waals surface area contributed by atoms with E-state index >= 15 is 0 Å². The van der Waals surface area contributed by atoms with E-state index in [1.54, 1.807) is 0 Å². The minimum Gasteiger partial charge on any atom is -0.378 e. The number of rotatable bonds is 8. The minimum atomic E-state index is -0.247. The summed E-state index contributed by atoms with van der Waals surface area (Å²) in [4.78, 5) is 43.5. The van der Waals surface area contributed by atoms with Crippen molar-refractivity contribution >= 4 is 23.4 Å². The lowest BCUT2D eigenvalue weighted by molar-refractivity contribution is -0.132. The number of nitrogens with one attached hydrogen (secondary N) is 2. The van der Waals surface area contributed by atoms with Crippen molar-refractivity contribution in [3.8, 4) is 0 Å². The molecule has 0 aromatic heterocycles. The molecule has 2 aliphatic heterocycles. The predicted octanol–water partition coefficient (Wildman–Crippen LogP) is 1.07. The van der Waals surface area contributed by atoms with Crippen molar-refractivity contribution in [3.63, 3.8) is 0 Å². The lowest BCUT2D eigenvalue weighted by atomic mass is 10.0. The maximum absolute atomic E-state index is 12.7. The van der Waals surface area contributed by atoms with Gasteiger partial charge in [0.25, 0.3) is 5.91 Å². The van der Waals surface area contributed by atoms with Crippen molar-refractivity contribution in [2.45, 2.75) is 51.2 Å². The molecule has 3 rings (SSSR count). The summed E-state index contributed by atoms with van der Waals surface area (Å²) >= 11 is 0. The van der Waals surface area contributed by atoms with Crippen LogP contribution in [-0.4, -0.2) is 85.9 Å². The Balaban J connectivity index is 1.59. The van der Waals surface area contributed by atoms with Gasteiger partial charge in [-0.25, -0.2) is 0 Å². The number of hydrogen-bond acceptors (Lipinski definition) is 5. The average molecular weight is 430 g/mol. The maximum atomic E-state index is 12.7. The van der Waals surface area contributed by atoms with Gasteiger partial charge in [-0.05, 0) is 51.0 Å². The van der Waals surface area contributed by atoms with Crippen LogP contribution in [0.1, 0.15) is 43.5 Å². The molecule has 0 aliphatic carbocycles. The van der Waals surface area contributed by atoms with Gasteiger partial charge in [0.1, 0.15) is 0 Å². The van der Waals surface area contributed by atoms with Crippen LogP contribution >= 0.6 is 0 Å². The highest BCUT2D eigenvalue weighted by molar-refractivity contribution is 5.95. The molecule has 8 nitrogen and oxygen atoms in total. The summed E-state index contributed by atoms with van der Waals surface area (Å²) in [5.74, 6) is 0.0471. The molecule has 3 atom stereocenters. The van der Waals surface area contributed by atoms with Crippen LogP contribution in [0.2, 0.25) is 0 Å². The SMILES string of the molecule is CCN(CC)C(=O)CCC1CNC(=O)C2CC(NC(=O)c3ccc(N(C)C)cc3)CN12. The zero-order valence-electron chi connectivity index (χ0n) is 19.1. The van der Waals surface area contributed by atoms with Crippen molar-refractivity contribution in [3.05, 3.63) is 29.8 Å². The number of hydrogen-bond donors (Lipinski definition) is 2. The van der Waals surface area contributed by atoms with Crippen LogP contribution in [0.25, 0.3) is 0 Å². The molecule has 1 aromatic carbocycles. The molecular formula is C23H35N5O3. The number of benzene rings is 1. The maximum Gasteiger partial charge on any atom is 0.251 e. The van der Waals surface area contributed by atoms with Crippen LogP contribution in [0.5, 0.6) is 0 Å². The Morgan fingerprint density at radius 3 is 2.45 bits per heavy atom. The van der Waals surface area contributed by atoms with Crippen LogP contribution in [0.15, 0.2) is 24.3 Å². The quantitative estimate of drug-likeness (QED) is 0.646. The number of fused-ring (bicyclic) bond motifs is 1. The summed E-state index contributed by atoms with van der Waals surface area (Å²) < 4.78 is 0. The highest BCUT2D eigenvalue weighted by atomic mass is 16.2. The van der Waals surface area contributed by atoms with E-state index in [-0.39, 0.29) is 35.8 Å². The summed E-state index contributed by atoms with van der Waals surface area (Å²) in [5.41, 5.74) is 1.65. The molecule has 31 heavy (non-hydrogen) atoms. The third kappa shape index (κ3) is 5.36. The second-order valence-electron chi connectivity index (χ2n) is 8.56. The zero-order chi connectivity index (χ0) is 22.5. The fraction of sp³-hybridized carbons (Fsp3) is 0.609. The molecule has 2 fully saturated rings. The second-order valence-corrected chi connectivity index (χ2v) is 8.56. The van der Waals surface area contributed by atoms with E-state index in [0.717, 1.165) is 5.69 Å². The molecule has 8 heteroatoms. The molecule has 2 heterocycles. The minimum absolute atomic E-state index is 0.0124. The molecular weight excluding hydrogens is 394 g/mol. The standard InChI is InChI=1S/C23H35N5O3/c1-5-27(6-2)21(29)12-11-19-14-24-23(31)20-13-17(15-28(19)20)25-22(30)16-7-9-18(10-8-16)26(3)4/h7-10,17,19-20H,5-6,11-15H2,1-4H3,(H,24,31)(H,25,30). The molecule has 1 aromatic rings. The highest BCUT2D eigenvalue weighted by Crippen LogP contribution is 2.26. The van der Waals surface area contributed by atoms with E-state index in [9.17, 15) is 14.4 Å². The van der Waals surface area contributed by atoms with Gasteiger partial charge in [-0.3, -0.25) is 19.3 Å². The number of anilines is 1. The monoisotopic (exact) mass is 429 g/mol. The van der Waals surface area contributed by atoms with Gasteiger partial charge in [-0.2, -0.15) is 0 Å². The normalized spacial score (nSPS) is 23.1. The van der Waals surface area contributed by atoms with Crippen molar-refractivity contribution in [2.24, 2.45) is 0 Å². The molecule has 170 valence electrons. The first-order valence-corrected chi connectivity index (χ1v) is 11.2. The number of amides is 3. The fourth-order valence-electron chi connectivity index (χ4n) is 4.55. The van der Waals surface area contributed by atoms with Crippen LogP contribution in [0.4, 0.5) is 5.69 Å². The van der Waals surface area contributed by atoms with E-state index in [4.69, 9.17) is 0 Å². The average Bonchev–Trinajstić information content (AvgIpc) is 3.19. The zero-order valence-corrected chi connectivity index (χ0v) is 19.1. The third-order valence-electron chi connectivity index (χ3n) is 6.41. The molecule has 2 aliphatic rings. The first-order valence-electron chi connectivity index (χ1n) is 11.2. The Kier molecular flexibility index (Phi) is 7.54. The van der Waals surface area contributed by atoms with Gasteiger partial charge < -0.3 is 20.4 Å². The van der Waals surface area contributed by atoms with Gasteiger partial charge in [-0.1, -0.05) is 0 Å². The summed E-state index contributed by atoms with van der Waals surface area (Å²) in [6, 6.07) is 7.26.